The molecule has 2 rings (SSSR count). The third-order valence-electron chi connectivity index (χ3n) is 4.05. The average Bonchev–Trinajstić information content (AvgIpc) is 2.53. The van der Waals surface area contributed by atoms with Gasteiger partial charge in [0.1, 0.15) is 0 Å². The monoisotopic (exact) mass is 347 g/mol. The molecular weight excluding hydrogens is 326 g/mol. The van der Waals surface area contributed by atoms with Gasteiger partial charge in [-0.3, -0.25) is 4.79 Å². The molecule has 112 valence electrons. The summed E-state index contributed by atoms with van der Waals surface area (Å²) in [6.45, 7) is 5.04. The lowest BCUT2D eigenvalue weighted by Gasteiger charge is -2.20. The van der Waals surface area contributed by atoms with Gasteiger partial charge in [0.2, 0.25) is 0 Å². The van der Waals surface area contributed by atoms with E-state index in [1.54, 1.807) is 0 Å². The van der Waals surface area contributed by atoms with Crippen LogP contribution < -0.4 is 5.32 Å². The summed E-state index contributed by atoms with van der Waals surface area (Å²) in [6.07, 6.45) is 2.24. The summed E-state index contributed by atoms with van der Waals surface area (Å²) < 4.78 is 0. The molecule has 0 heterocycles. The van der Waals surface area contributed by atoms with Gasteiger partial charge < -0.3 is 5.32 Å². The van der Waals surface area contributed by atoms with Crippen LogP contribution in [0, 0.1) is 5.92 Å². The summed E-state index contributed by atoms with van der Waals surface area (Å²) in [4.78, 5) is 12.8. The minimum atomic E-state index is 0.00204. The molecule has 0 fully saturated rings. The van der Waals surface area contributed by atoms with Crippen molar-refractivity contribution in [3.8, 4) is 0 Å². The number of benzene rings is 2. The molecular formula is C18H22BrNO. The molecule has 3 heteroatoms. The maximum absolute atomic E-state index is 12.4. The Labute approximate surface area is 135 Å². The maximum atomic E-state index is 12.4. The summed E-state index contributed by atoms with van der Waals surface area (Å²) in [5.74, 6) is 0.597. The molecule has 0 aliphatic carbocycles. The van der Waals surface area contributed by atoms with Crippen LogP contribution in [-0.2, 0) is 0 Å². The summed E-state index contributed by atoms with van der Waals surface area (Å²) in [6, 6.07) is 13.8. The normalized spacial score (nSPS) is 12.6. The number of hydrogen-bond donors (Lipinski definition) is 1. The number of carbonyl (C=O) groups excluding carboxylic acids is 1. The van der Waals surface area contributed by atoms with Crippen molar-refractivity contribution in [3.05, 3.63) is 48.0 Å². The molecule has 0 radical (unpaired) electrons. The molecule has 1 atom stereocenters. The van der Waals surface area contributed by atoms with Crippen LogP contribution in [0.4, 0.5) is 0 Å². The maximum Gasteiger partial charge on any atom is 0.251 e. The molecule has 2 aromatic carbocycles. The first-order chi connectivity index (χ1) is 10.2. The van der Waals surface area contributed by atoms with E-state index < -0.39 is 0 Å². The van der Waals surface area contributed by atoms with Crippen LogP contribution in [0.25, 0.3) is 10.8 Å². The van der Waals surface area contributed by atoms with Gasteiger partial charge in [-0.2, -0.15) is 0 Å². The van der Waals surface area contributed by atoms with Crippen LogP contribution in [0.5, 0.6) is 0 Å². The fourth-order valence-corrected chi connectivity index (χ4v) is 3.59. The van der Waals surface area contributed by atoms with Crippen molar-refractivity contribution < 1.29 is 4.79 Å². The van der Waals surface area contributed by atoms with E-state index >= 15 is 0 Å². The van der Waals surface area contributed by atoms with E-state index in [4.69, 9.17) is 0 Å². The second kappa shape index (κ2) is 7.60. The molecule has 0 saturated heterocycles. The van der Waals surface area contributed by atoms with Crippen molar-refractivity contribution in [1.29, 1.82) is 0 Å². The number of rotatable bonds is 6. The van der Waals surface area contributed by atoms with Crippen LogP contribution in [0.3, 0.4) is 0 Å². The van der Waals surface area contributed by atoms with Gasteiger partial charge >= 0.3 is 0 Å². The number of carbonyl (C=O) groups is 1. The highest BCUT2D eigenvalue weighted by Crippen LogP contribution is 2.21. The molecule has 2 nitrogen and oxygen atoms in total. The molecule has 0 bridgehead atoms. The Morgan fingerprint density at radius 3 is 2.48 bits per heavy atom. The lowest BCUT2D eigenvalue weighted by Crippen LogP contribution is -2.33. The van der Waals surface area contributed by atoms with Gasteiger partial charge in [0.15, 0.2) is 0 Å². The molecule has 0 aliphatic heterocycles. The van der Waals surface area contributed by atoms with E-state index in [9.17, 15) is 4.79 Å². The molecule has 0 spiro atoms. The van der Waals surface area contributed by atoms with Gasteiger partial charge in [0.05, 0.1) is 0 Å². The highest BCUT2D eigenvalue weighted by Gasteiger charge is 2.17. The third-order valence-corrected chi connectivity index (χ3v) is 5.12. The molecule has 0 aromatic heterocycles. The van der Waals surface area contributed by atoms with Crippen molar-refractivity contribution >= 4 is 32.6 Å². The summed E-state index contributed by atoms with van der Waals surface area (Å²) in [5.41, 5.74) is 0.748. The van der Waals surface area contributed by atoms with Crippen molar-refractivity contribution in [2.75, 3.05) is 6.54 Å². The number of alkyl halides is 1. The fraction of sp³-hybridized carbons (Fsp3) is 0.389. The Morgan fingerprint density at radius 1 is 1.10 bits per heavy atom. The van der Waals surface area contributed by atoms with E-state index in [0.717, 1.165) is 29.2 Å². The van der Waals surface area contributed by atoms with Gasteiger partial charge in [-0.1, -0.05) is 79.0 Å². The standard InChI is InChI=1S/C18H22BrNO/c1-3-13(4-2)17(19)12-20-18(21)16-11-7-9-14-8-5-6-10-15(14)16/h5-11,13,17H,3-4,12H2,1-2H3,(H,20,21). The Balaban J connectivity index is 2.09. The largest absolute Gasteiger partial charge is 0.351 e. The van der Waals surface area contributed by atoms with E-state index in [2.05, 4.69) is 35.1 Å². The summed E-state index contributed by atoms with van der Waals surface area (Å²) >= 11 is 3.70. The average molecular weight is 348 g/mol. The van der Waals surface area contributed by atoms with E-state index in [-0.39, 0.29) is 5.91 Å². The first-order valence-corrected chi connectivity index (χ1v) is 8.49. The van der Waals surface area contributed by atoms with E-state index in [1.165, 1.54) is 0 Å². The van der Waals surface area contributed by atoms with Gasteiger partial charge in [-0.15, -0.1) is 0 Å². The summed E-state index contributed by atoms with van der Waals surface area (Å²) in [5, 5.41) is 5.16. The zero-order valence-electron chi connectivity index (χ0n) is 12.6. The van der Waals surface area contributed by atoms with Gasteiger partial charge in [0, 0.05) is 16.9 Å². The first kappa shape index (κ1) is 16.0. The van der Waals surface area contributed by atoms with Crippen molar-refractivity contribution in [3.63, 3.8) is 0 Å². The lowest BCUT2D eigenvalue weighted by atomic mass is 9.99. The number of nitrogens with one attached hydrogen (secondary N) is 1. The molecule has 2 aromatic rings. The number of amides is 1. The zero-order valence-corrected chi connectivity index (χ0v) is 14.2. The first-order valence-electron chi connectivity index (χ1n) is 7.57. The van der Waals surface area contributed by atoms with Gasteiger partial charge in [-0.25, -0.2) is 0 Å². The Morgan fingerprint density at radius 2 is 1.76 bits per heavy atom. The van der Waals surface area contributed by atoms with E-state index in [1.807, 2.05) is 42.5 Å². The molecule has 1 amide bonds. The second-order valence-corrected chi connectivity index (χ2v) is 6.51. The van der Waals surface area contributed by atoms with Crippen molar-refractivity contribution in [2.45, 2.75) is 31.5 Å². The number of hydrogen-bond acceptors (Lipinski definition) is 1. The minimum Gasteiger partial charge on any atom is -0.351 e. The quantitative estimate of drug-likeness (QED) is 0.749. The second-order valence-electron chi connectivity index (χ2n) is 5.33. The number of halogens is 1. The Kier molecular flexibility index (Phi) is 5.80. The topological polar surface area (TPSA) is 29.1 Å². The van der Waals surface area contributed by atoms with Crippen LogP contribution in [0.15, 0.2) is 42.5 Å². The van der Waals surface area contributed by atoms with E-state index in [0.29, 0.717) is 17.3 Å². The van der Waals surface area contributed by atoms with Crippen molar-refractivity contribution in [2.24, 2.45) is 5.92 Å². The molecule has 21 heavy (non-hydrogen) atoms. The fourth-order valence-electron chi connectivity index (χ4n) is 2.68. The van der Waals surface area contributed by atoms with Crippen molar-refractivity contribution in [1.82, 2.24) is 5.32 Å². The summed E-state index contributed by atoms with van der Waals surface area (Å²) in [7, 11) is 0. The Bertz CT molecular complexity index is 602. The molecule has 1 unspecified atom stereocenters. The van der Waals surface area contributed by atoms with Crippen LogP contribution in [0.2, 0.25) is 0 Å². The van der Waals surface area contributed by atoms with Crippen LogP contribution >= 0.6 is 15.9 Å². The van der Waals surface area contributed by atoms with Crippen LogP contribution in [-0.4, -0.2) is 17.3 Å². The van der Waals surface area contributed by atoms with Crippen LogP contribution in [0.1, 0.15) is 37.0 Å². The predicted octanol–water partition coefficient (Wildman–Crippen LogP) is 4.77. The zero-order chi connectivity index (χ0) is 15.2. The highest BCUT2D eigenvalue weighted by molar-refractivity contribution is 9.09. The molecule has 1 N–H and O–H groups in total. The highest BCUT2D eigenvalue weighted by atomic mass is 79.9. The minimum absolute atomic E-state index is 0.00204. The third kappa shape index (κ3) is 3.85. The SMILES string of the molecule is CCC(CC)C(Br)CNC(=O)c1cccc2ccccc12. The predicted molar refractivity (Wildman–Crippen MR) is 93.1 cm³/mol. The number of fused-ring (bicyclic) bond motifs is 1. The van der Waals surface area contributed by atoms with Gasteiger partial charge in [-0.05, 0) is 22.8 Å². The van der Waals surface area contributed by atoms with Gasteiger partial charge in [0.25, 0.3) is 5.91 Å². The molecule has 0 aliphatic rings. The lowest BCUT2D eigenvalue weighted by molar-refractivity contribution is 0.0954. The smallest absolute Gasteiger partial charge is 0.251 e. The Hall–Kier alpha value is -1.35. The molecule has 0 saturated carbocycles.